The van der Waals surface area contributed by atoms with Gasteiger partial charge in [0.25, 0.3) is 5.91 Å². The van der Waals surface area contributed by atoms with Crippen LogP contribution in [-0.2, 0) is 14.3 Å². The maximum absolute atomic E-state index is 12.9. The molecule has 6 nitrogen and oxygen atoms in total. The highest BCUT2D eigenvalue weighted by Gasteiger charge is 2.37. The fourth-order valence-corrected chi connectivity index (χ4v) is 3.11. The number of likely N-dealkylation sites (tertiary alicyclic amines) is 1. The topological polar surface area (TPSA) is 75.7 Å². The molecule has 1 heterocycles. The van der Waals surface area contributed by atoms with Crippen LogP contribution in [0.1, 0.15) is 35.3 Å². The molecule has 140 valence electrons. The lowest BCUT2D eigenvalue weighted by atomic mass is 10.00. The van der Waals surface area contributed by atoms with E-state index in [1.165, 1.54) is 4.90 Å². The second-order valence-corrected chi connectivity index (χ2v) is 6.46. The minimum absolute atomic E-state index is 0.0901. The van der Waals surface area contributed by atoms with Gasteiger partial charge >= 0.3 is 5.97 Å². The molecule has 3 rings (SSSR count). The van der Waals surface area contributed by atoms with Gasteiger partial charge in [0, 0.05) is 29.2 Å². The minimum Gasteiger partial charge on any atom is -0.462 e. The van der Waals surface area contributed by atoms with Crippen LogP contribution in [0.4, 0.5) is 5.69 Å². The number of anilines is 1. The number of hydrogen-bond acceptors (Lipinski definition) is 4. The summed E-state index contributed by atoms with van der Waals surface area (Å²) in [5, 5.41) is 3.22. The maximum atomic E-state index is 12.9. The Kier molecular flexibility index (Phi) is 5.76. The van der Waals surface area contributed by atoms with Crippen LogP contribution in [0.15, 0.2) is 48.5 Å². The van der Waals surface area contributed by atoms with Crippen LogP contribution in [0.3, 0.4) is 0 Å². The number of benzene rings is 2. The average molecular weight is 387 g/mol. The van der Waals surface area contributed by atoms with E-state index in [1.807, 2.05) is 0 Å². The van der Waals surface area contributed by atoms with E-state index >= 15 is 0 Å². The molecule has 1 unspecified atom stereocenters. The third-order valence-electron chi connectivity index (χ3n) is 4.31. The Morgan fingerprint density at radius 2 is 1.89 bits per heavy atom. The number of halogens is 1. The van der Waals surface area contributed by atoms with Crippen molar-refractivity contribution < 1.29 is 19.1 Å². The summed E-state index contributed by atoms with van der Waals surface area (Å²) < 4.78 is 4.94. The SMILES string of the molecule is CCOC(=O)c1ccc(NC(=O)C(c2ccccc2Cl)N2CCC2=O)cc1. The normalized spacial score (nSPS) is 14.3. The molecule has 2 aromatic rings. The van der Waals surface area contributed by atoms with Crippen molar-refractivity contribution in [3.8, 4) is 0 Å². The lowest BCUT2D eigenvalue weighted by Crippen LogP contribution is -2.49. The first kappa shape index (κ1) is 18.9. The number of β-lactam (4-membered cyclic amide) rings is 1. The first-order chi connectivity index (χ1) is 13.0. The average Bonchev–Trinajstić information content (AvgIpc) is 2.66. The summed E-state index contributed by atoms with van der Waals surface area (Å²) in [7, 11) is 0. The highest BCUT2D eigenvalue weighted by atomic mass is 35.5. The first-order valence-corrected chi connectivity index (χ1v) is 9.01. The van der Waals surface area contributed by atoms with E-state index in [9.17, 15) is 14.4 Å². The van der Waals surface area contributed by atoms with Gasteiger partial charge in [0.2, 0.25) is 5.91 Å². The van der Waals surface area contributed by atoms with Crippen molar-refractivity contribution >= 4 is 35.1 Å². The van der Waals surface area contributed by atoms with E-state index < -0.39 is 12.0 Å². The van der Waals surface area contributed by atoms with Crippen molar-refractivity contribution in [2.45, 2.75) is 19.4 Å². The molecular formula is C20H19ClN2O4. The summed E-state index contributed by atoms with van der Waals surface area (Å²) in [6.45, 7) is 2.53. The quantitative estimate of drug-likeness (QED) is 0.609. The van der Waals surface area contributed by atoms with Gasteiger partial charge in [0.15, 0.2) is 0 Å². The minimum atomic E-state index is -0.801. The van der Waals surface area contributed by atoms with Crippen molar-refractivity contribution in [3.05, 3.63) is 64.7 Å². The Bertz CT molecular complexity index is 867. The summed E-state index contributed by atoms with van der Waals surface area (Å²) in [4.78, 5) is 38.1. The lowest BCUT2D eigenvalue weighted by molar-refractivity contribution is -0.147. The van der Waals surface area contributed by atoms with Gasteiger partial charge in [-0.1, -0.05) is 29.8 Å². The standard InChI is InChI=1S/C20H19ClN2O4/c1-2-27-20(26)13-7-9-14(10-8-13)22-19(25)18(23-12-11-17(23)24)15-5-3-4-6-16(15)21/h3-10,18H,2,11-12H2,1H3,(H,22,25). The Labute approximate surface area is 162 Å². The summed E-state index contributed by atoms with van der Waals surface area (Å²) in [5.41, 5.74) is 1.49. The van der Waals surface area contributed by atoms with Crippen LogP contribution in [0, 0.1) is 0 Å². The number of nitrogens with one attached hydrogen (secondary N) is 1. The molecular weight excluding hydrogens is 368 g/mol. The number of amides is 2. The molecule has 1 N–H and O–H groups in total. The Morgan fingerprint density at radius 1 is 1.19 bits per heavy atom. The molecule has 0 spiro atoms. The van der Waals surface area contributed by atoms with Crippen molar-refractivity contribution in [3.63, 3.8) is 0 Å². The Balaban J connectivity index is 1.80. The highest BCUT2D eigenvalue weighted by molar-refractivity contribution is 6.31. The van der Waals surface area contributed by atoms with Gasteiger partial charge in [0.1, 0.15) is 6.04 Å². The molecule has 0 saturated carbocycles. The number of hydrogen-bond donors (Lipinski definition) is 1. The highest BCUT2D eigenvalue weighted by Crippen LogP contribution is 2.32. The number of rotatable bonds is 6. The molecule has 0 aliphatic carbocycles. The molecule has 0 bridgehead atoms. The van der Waals surface area contributed by atoms with Crippen LogP contribution in [-0.4, -0.2) is 35.8 Å². The smallest absolute Gasteiger partial charge is 0.338 e. The third-order valence-corrected chi connectivity index (χ3v) is 4.65. The molecule has 7 heteroatoms. The Morgan fingerprint density at radius 3 is 2.44 bits per heavy atom. The third kappa shape index (κ3) is 4.11. The van der Waals surface area contributed by atoms with E-state index in [1.54, 1.807) is 55.5 Å². The van der Waals surface area contributed by atoms with Gasteiger partial charge < -0.3 is 15.0 Å². The van der Waals surface area contributed by atoms with E-state index in [-0.39, 0.29) is 11.8 Å². The predicted octanol–water partition coefficient (Wildman–Crippen LogP) is 3.43. The zero-order chi connectivity index (χ0) is 19.4. The molecule has 1 aliphatic rings. The number of nitrogens with zero attached hydrogens (tertiary/aromatic N) is 1. The van der Waals surface area contributed by atoms with Crippen molar-refractivity contribution in [2.75, 3.05) is 18.5 Å². The molecule has 1 fully saturated rings. The number of carbonyl (C=O) groups is 3. The van der Waals surface area contributed by atoms with Crippen molar-refractivity contribution in [1.29, 1.82) is 0 Å². The second-order valence-electron chi connectivity index (χ2n) is 6.05. The molecule has 0 radical (unpaired) electrons. The summed E-state index contributed by atoms with van der Waals surface area (Å²) >= 11 is 6.25. The molecule has 0 aromatic heterocycles. The van der Waals surface area contributed by atoms with Gasteiger partial charge in [-0.25, -0.2) is 4.79 Å². The lowest BCUT2D eigenvalue weighted by Gasteiger charge is -2.37. The first-order valence-electron chi connectivity index (χ1n) is 8.63. The van der Waals surface area contributed by atoms with Crippen LogP contribution in [0.2, 0.25) is 5.02 Å². The predicted molar refractivity (Wildman–Crippen MR) is 102 cm³/mol. The van der Waals surface area contributed by atoms with E-state index in [2.05, 4.69) is 5.32 Å². The van der Waals surface area contributed by atoms with E-state index in [0.717, 1.165) is 0 Å². The fourth-order valence-electron chi connectivity index (χ4n) is 2.87. The van der Waals surface area contributed by atoms with Gasteiger partial charge in [0.05, 0.1) is 12.2 Å². The van der Waals surface area contributed by atoms with Gasteiger partial charge in [-0.2, -0.15) is 0 Å². The molecule has 2 aromatic carbocycles. The largest absolute Gasteiger partial charge is 0.462 e. The molecule has 27 heavy (non-hydrogen) atoms. The zero-order valence-corrected chi connectivity index (χ0v) is 15.5. The van der Waals surface area contributed by atoms with Crippen LogP contribution < -0.4 is 5.32 Å². The summed E-state index contributed by atoms with van der Waals surface area (Å²) in [5.74, 6) is -0.872. The van der Waals surface area contributed by atoms with Crippen molar-refractivity contribution in [1.82, 2.24) is 4.90 Å². The number of ether oxygens (including phenoxy) is 1. The molecule has 1 atom stereocenters. The van der Waals surface area contributed by atoms with Gasteiger partial charge in [-0.3, -0.25) is 9.59 Å². The van der Waals surface area contributed by atoms with E-state index in [0.29, 0.717) is 41.4 Å². The zero-order valence-electron chi connectivity index (χ0n) is 14.8. The van der Waals surface area contributed by atoms with Crippen LogP contribution in [0.5, 0.6) is 0 Å². The van der Waals surface area contributed by atoms with Crippen LogP contribution in [0.25, 0.3) is 0 Å². The maximum Gasteiger partial charge on any atom is 0.338 e. The number of esters is 1. The van der Waals surface area contributed by atoms with Gasteiger partial charge in [-0.15, -0.1) is 0 Å². The molecule has 1 aliphatic heterocycles. The fraction of sp³-hybridized carbons (Fsp3) is 0.250. The van der Waals surface area contributed by atoms with Crippen LogP contribution >= 0.6 is 11.6 Å². The van der Waals surface area contributed by atoms with Gasteiger partial charge in [-0.05, 0) is 37.3 Å². The molecule has 2 amide bonds. The van der Waals surface area contributed by atoms with Crippen molar-refractivity contribution in [2.24, 2.45) is 0 Å². The van der Waals surface area contributed by atoms with E-state index in [4.69, 9.17) is 16.3 Å². The molecule has 1 saturated heterocycles. The number of carbonyl (C=O) groups excluding carboxylic acids is 3. The Hall–Kier alpha value is -2.86. The monoisotopic (exact) mass is 386 g/mol. The second kappa shape index (κ2) is 8.22. The summed E-state index contributed by atoms with van der Waals surface area (Å²) in [6, 6.07) is 12.6. The summed E-state index contributed by atoms with van der Waals surface area (Å²) in [6.07, 6.45) is 0.419.